The molecule has 1 N–H and O–H groups in total. The average Bonchev–Trinajstić information content (AvgIpc) is 2.92. The Morgan fingerprint density at radius 3 is 2.54 bits per heavy atom. The molecule has 0 atom stereocenters. The summed E-state index contributed by atoms with van der Waals surface area (Å²) in [4.78, 5) is 28.1. The van der Waals surface area contributed by atoms with Crippen molar-refractivity contribution in [1.29, 1.82) is 0 Å². The second-order valence-electron chi connectivity index (χ2n) is 5.13. The Morgan fingerprint density at radius 1 is 1.21 bits per heavy atom. The number of nitrogens with zero attached hydrogens (tertiary/aromatic N) is 2. The van der Waals surface area contributed by atoms with Gasteiger partial charge in [0.15, 0.2) is 0 Å². The van der Waals surface area contributed by atoms with Gasteiger partial charge in [0.1, 0.15) is 0 Å². The van der Waals surface area contributed by atoms with E-state index in [0.29, 0.717) is 33.1 Å². The number of carboxylic acid groups (broad SMARTS) is 1. The van der Waals surface area contributed by atoms with E-state index in [1.807, 2.05) is 0 Å². The van der Waals surface area contributed by atoms with Crippen LogP contribution >= 0.6 is 11.6 Å². The number of hydrogen-bond acceptors (Lipinski definition) is 4. The van der Waals surface area contributed by atoms with E-state index in [1.54, 1.807) is 36.4 Å². The minimum Gasteiger partial charge on any atom is -0.481 e. The highest BCUT2D eigenvalue weighted by molar-refractivity contribution is 6.30. The quantitative estimate of drug-likeness (QED) is 0.786. The van der Waals surface area contributed by atoms with Gasteiger partial charge in [-0.25, -0.2) is 4.98 Å². The molecule has 2 aromatic heterocycles. The maximum absolute atomic E-state index is 12.7. The Labute approximate surface area is 142 Å². The second-order valence-corrected chi connectivity index (χ2v) is 5.56. The number of carbonyl (C=O) groups is 2. The molecule has 0 amide bonds. The van der Waals surface area contributed by atoms with Gasteiger partial charge in [-0.15, -0.1) is 0 Å². The summed E-state index contributed by atoms with van der Waals surface area (Å²) in [7, 11) is 1.47. The molecular formula is C17H13ClN2O4. The molecule has 3 rings (SSSR count). The average molecular weight is 345 g/mol. The zero-order valence-electron chi connectivity index (χ0n) is 12.7. The summed E-state index contributed by atoms with van der Waals surface area (Å²) in [5.41, 5.74) is 1.83. The van der Waals surface area contributed by atoms with Gasteiger partial charge in [0.05, 0.1) is 24.6 Å². The number of halogens is 1. The van der Waals surface area contributed by atoms with Crippen molar-refractivity contribution in [2.45, 2.75) is 6.42 Å². The number of hydrogen-bond donors (Lipinski definition) is 1. The first kappa shape index (κ1) is 16.0. The van der Waals surface area contributed by atoms with Crippen LogP contribution in [0.4, 0.5) is 0 Å². The third-order valence-electron chi connectivity index (χ3n) is 3.56. The number of benzene rings is 1. The molecular weight excluding hydrogens is 332 g/mol. The highest BCUT2D eigenvalue weighted by atomic mass is 35.5. The molecule has 0 aliphatic heterocycles. The summed E-state index contributed by atoms with van der Waals surface area (Å²) in [5.74, 6) is -0.941. The van der Waals surface area contributed by atoms with Crippen LogP contribution < -0.4 is 4.74 Å². The van der Waals surface area contributed by atoms with Gasteiger partial charge >= 0.3 is 5.97 Å². The van der Waals surface area contributed by atoms with Gasteiger partial charge in [0.2, 0.25) is 5.88 Å². The van der Waals surface area contributed by atoms with Gasteiger partial charge in [-0.05, 0) is 30.3 Å². The zero-order valence-corrected chi connectivity index (χ0v) is 13.4. The van der Waals surface area contributed by atoms with Crippen molar-refractivity contribution in [1.82, 2.24) is 9.55 Å². The smallest absolute Gasteiger partial charge is 0.307 e. The monoisotopic (exact) mass is 344 g/mol. The van der Waals surface area contributed by atoms with Crippen LogP contribution in [-0.4, -0.2) is 33.6 Å². The molecule has 1 aromatic carbocycles. The van der Waals surface area contributed by atoms with E-state index in [4.69, 9.17) is 21.4 Å². The fourth-order valence-electron chi connectivity index (χ4n) is 2.46. The number of methoxy groups -OCH3 is 1. The first-order valence-electron chi connectivity index (χ1n) is 7.06. The van der Waals surface area contributed by atoms with Crippen LogP contribution in [0.15, 0.2) is 42.6 Å². The lowest BCUT2D eigenvalue weighted by Gasteiger charge is -2.05. The number of aromatic nitrogens is 2. The van der Waals surface area contributed by atoms with Crippen LogP contribution in [0, 0.1) is 0 Å². The van der Waals surface area contributed by atoms with Crippen LogP contribution in [0.5, 0.6) is 5.88 Å². The van der Waals surface area contributed by atoms with E-state index in [9.17, 15) is 9.59 Å². The summed E-state index contributed by atoms with van der Waals surface area (Å²) < 4.78 is 6.47. The first-order valence-corrected chi connectivity index (χ1v) is 7.44. The predicted molar refractivity (Wildman–Crippen MR) is 88.8 cm³/mol. The maximum Gasteiger partial charge on any atom is 0.307 e. The van der Waals surface area contributed by atoms with E-state index in [-0.39, 0.29) is 12.3 Å². The number of pyridine rings is 1. The Hall–Kier alpha value is -2.86. The molecule has 6 nitrogen and oxygen atoms in total. The molecule has 0 aliphatic rings. The SMILES string of the molecule is COc1ccc2c(n1)c(CC(=O)O)cn2C(=O)c1ccc(Cl)cc1. The fourth-order valence-corrected chi connectivity index (χ4v) is 2.58. The first-order chi connectivity index (χ1) is 11.5. The highest BCUT2D eigenvalue weighted by Gasteiger charge is 2.18. The molecule has 0 saturated carbocycles. The van der Waals surface area contributed by atoms with Crippen molar-refractivity contribution in [3.8, 4) is 5.88 Å². The Balaban J connectivity index is 2.15. The standard InChI is InChI=1S/C17H13ClN2O4/c1-24-14-7-6-13-16(19-14)11(8-15(21)22)9-20(13)17(23)10-2-4-12(18)5-3-10/h2-7,9H,8H2,1H3,(H,21,22). The van der Waals surface area contributed by atoms with E-state index in [0.717, 1.165) is 0 Å². The van der Waals surface area contributed by atoms with Crippen molar-refractivity contribution < 1.29 is 19.4 Å². The molecule has 0 fully saturated rings. The van der Waals surface area contributed by atoms with E-state index in [1.165, 1.54) is 17.9 Å². The number of carboxylic acids is 1. The van der Waals surface area contributed by atoms with Gasteiger partial charge in [-0.2, -0.15) is 0 Å². The van der Waals surface area contributed by atoms with Gasteiger partial charge in [-0.3, -0.25) is 14.2 Å². The minimum atomic E-state index is -1.00. The van der Waals surface area contributed by atoms with Crippen molar-refractivity contribution >= 4 is 34.5 Å². The minimum absolute atomic E-state index is 0.239. The second kappa shape index (κ2) is 6.33. The molecule has 24 heavy (non-hydrogen) atoms. The molecule has 0 aliphatic carbocycles. The zero-order chi connectivity index (χ0) is 17.3. The predicted octanol–water partition coefficient (Wildman–Crippen LogP) is 3.01. The van der Waals surface area contributed by atoms with Crippen LogP contribution in [0.1, 0.15) is 15.9 Å². The van der Waals surface area contributed by atoms with Crippen LogP contribution in [0.2, 0.25) is 5.02 Å². The fraction of sp³-hybridized carbons (Fsp3) is 0.118. The molecule has 3 aromatic rings. The van der Waals surface area contributed by atoms with Crippen LogP contribution in [0.25, 0.3) is 11.0 Å². The molecule has 2 heterocycles. The number of fused-ring (bicyclic) bond motifs is 1. The van der Waals surface area contributed by atoms with Crippen molar-refractivity contribution in [3.05, 3.63) is 58.7 Å². The lowest BCUT2D eigenvalue weighted by molar-refractivity contribution is -0.136. The van der Waals surface area contributed by atoms with E-state index >= 15 is 0 Å². The van der Waals surface area contributed by atoms with E-state index in [2.05, 4.69) is 4.98 Å². The molecule has 0 radical (unpaired) electrons. The maximum atomic E-state index is 12.7. The molecule has 7 heteroatoms. The van der Waals surface area contributed by atoms with Gasteiger partial charge < -0.3 is 9.84 Å². The van der Waals surface area contributed by atoms with Crippen LogP contribution in [0.3, 0.4) is 0 Å². The largest absolute Gasteiger partial charge is 0.481 e. The molecule has 0 unspecified atom stereocenters. The molecule has 0 bridgehead atoms. The highest BCUT2D eigenvalue weighted by Crippen LogP contribution is 2.24. The van der Waals surface area contributed by atoms with Gasteiger partial charge in [0, 0.05) is 28.4 Å². The summed E-state index contributed by atoms with van der Waals surface area (Å²) >= 11 is 5.84. The van der Waals surface area contributed by atoms with Crippen molar-refractivity contribution in [2.75, 3.05) is 7.11 Å². The molecule has 0 saturated heterocycles. The topological polar surface area (TPSA) is 81.4 Å². The lowest BCUT2D eigenvalue weighted by Crippen LogP contribution is -2.10. The van der Waals surface area contributed by atoms with Crippen molar-refractivity contribution in [3.63, 3.8) is 0 Å². The van der Waals surface area contributed by atoms with Gasteiger partial charge in [0.25, 0.3) is 5.91 Å². The number of carbonyl (C=O) groups excluding carboxylic acids is 1. The summed E-state index contributed by atoms with van der Waals surface area (Å²) in [6.45, 7) is 0. The summed E-state index contributed by atoms with van der Waals surface area (Å²) in [6.07, 6.45) is 1.26. The lowest BCUT2D eigenvalue weighted by atomic mass is 10.2. The number of ether oxygens (including phenoxy) is 1. The Bertz CT molecular complexity index is 932. The number of rotatable bonds is 4. The Kier molecular flexibility index (Phi) is 4.22. The van der Waals surface area contributed by atoms with Crippen LogP contribution in [-0.2, 0) is 11.2 Å². The molecule has 122 valence electrons. The Morgan fingerprint density at radius 2 is 1.92 bits per heavy atom. The van der Waals surface area contributed by atoms with Crippen molar-refractivity contribution in [2.24, 2.45) is 0 Å². The van der Waals surface area contributed by atoms with E-state index < -0.39 is 5.97 Å². The normalized spacial score (nSPS) is 10.8. The third kappa shape index (κ3) is 2.96. The van der Waals surface area contributed by atoms with Gasteiger partial charge in [-0.1, -0.05) is 11.6 Å². The number of aliphatic carboxylic acids is 1. The third-order valence-corrected chi connectivity index (χ3v) is 3.81. The molecule has 0 spiro atoms. The summed E-state index contributed by atoms with van der Waals surface area (Å²) in [6, 6.07) is 9.79. The summed E-state index contributed by atoms with van der Waals surface area (Å²) in [5, 5.41) is 9.61.